The molecule has 1 heterocycles. The molecular weight excluding hydrogens is 383 g/mol. The molecule has 0 unspecified atom stereocenters. The number of fused-ring (bicyclic) bond motifs is 1. The Bertz CT molecular complexity index is 1000. The van der Waals surface area contributed by atoms with Gasteiger partial charge < -0.3 is 10.1 Å². The number of nitrogens with one attached hydrogen (secondary N) is 1. The predicted octanol–water partition coefficient (Wildman–Crippen LogP) is 5.99. The molecule has 0 fully saturated rings. The van der Waals surface area contributed by atoms with Crippen LogP contribution in [0, 0.1) is 6.92 Å². The number of halogens is 2. The van der Waals surface area contributed by atoms with Crippen molar-refractivity contribution in [2.75, 3.05) is 11.9 Å². The van der Waals surface area contributed by atoms with Crippen LogP contribution in [0.5, 0.6) is 5.75 Å². The lowest BCUT2D eigenvalue weighted by atomic mass is 10.0. The van der Waals surface area contributed by atoms with Crippen LogP contribution in [0.25, 0.3) is 10.9 Å². The van der Waals surface area contributed by atoms with Crippen molar-refractivity contribution in [2.45, 2.75) is 26.7 Å². The number of benzene rings is 2. The Balaban J connectivity index is 1.81. The SMILES string of the molecule is Cc1ccc2c(Cl)cc(Cl)c(OCC(=O)Nc3ccccc3C(C)C)c2n1. The number of nitrogens with zero attached hydrogens (tertiary/aromatic N) is 1. The van der Waals surface area contributed by atoms with Crippen LogP contribution < -0.4 is 10.1 Å². The molecule has 0 aliphatic carbocycles. The van der Waals surface area contributed by atoms with Crippen molar-refractivity contribution >= 4 is 45.7 Å². The highest BCUT2D eigenvalue weighted by Crippen LogP contribution is 2.37. The van der Waals surface area contributed by atoms with Crippen molar-refractivity contribution in [3.63, 3.8) is 0 Å². The maximum atomic E-state index is 12.4. The van der Waals surface area contributed by atoms with Crippen LogP contribution in [0.1, 0.15) is 31.0 Å². The first-order chi connectivity index (χ1) is 12.9. The second-order valence-corrected chi connectivity index (χ2v) is 7.41. The molecule has 3 rings (SSSR count). The van der Waals surface area contributed by atoms with Gasteiger partial charge in [-0.15, -0.1) is 0 Å². The van der Waals surface area contributed by atoms with Crippen LogP contribution >= 0.6 is 23.2 Å². The van der Waals surface area contributed by atoms with Crippen LogP contribution in [-0.4, -0.2) is 17.5 Å². The highest BCUT2D eigenvalue weighted by molar-refractivity contribution is 6.39. The summed E-state index contributed by atoms with van der Waals surface area (Å²) in [6, 6.07) is 13.0. The average molecular weight is 403 g/mol. The number of carbonyl (C=O) groups is 1. The molecule has 1 aromatic heterocycles. The van der Waals surface area contributed by atoms with Gasteiger partial charge >= 0.3 is 0 Å². The van der Waals surface area contributed by atoms with Gasteiger partial charge in [0.1, 0.15) is 5.52 Å². The molecule has 0 aliphatic rings. The second-order valence-electron chi connectivity index (χ2n) is 6.60. The van der Waals surface area contributed by atoms with E-state index < -0.39 is 0 Å². The third-order valence-electron chi connectivity index (χ3n) is 4.18. The summed E-state index contributed by atoms with van der Waals surface area (Å²) in [5.74, 6) is 0.381. The van der Waals surface area contributed by atoms with E-state index in [9.17, 15) is 4.79 Å². The topological polar surface area (TPSA) is 51.2 Å². The zero-order chi connectivity index (χ0) is 19.6. The standard InChI is InChI=1S/C21H20Cl2N2O2/c1-12(2)14-6-4-5-7-18(14)25-19(26)11-27-21-17(23)10-16(22)15-9-8-13(3)24-20(15)21/h4-10,12H,11H2,1-3H3,(H,25,26). The number of anilines is 1. The molecule has 3 aromatic rings. The maximum Gasteiger partial charge on any atom is 0.262 e. The number of pyridine rings is 1. The molecule has 2 aromatic carbocycles. The lowest BCUT2D eigenvalue weighted by molar-refractivity contribution is -0.118. The highest BCUT2D eigenvalue weighted by Gasteiger charge is 2.15. The van der Waals surface area contributed by atoms with Crippen LogP contribution in [0.4, 0.5) is 5.69 Å². The number of amides is 1. The fourth-order valence-electron chi connectivity index (χ4n) is 2.87. The molecule has 140 valence electrons. The quantitative estimate of drug-likeness (QED) is 0.569. The summed E-state index contributed by atoms with van der Waals surface area (Å²) in [6.07, 6.45) is 0. The van der Waals surface area contributed by atoms with Gasteiger partial charge in [-0.1, -0.05) is 55.2 Å². The van der Waals surface area contributed by atoms with E-state index in [0.717, 1.165) is 22.3 Å². The summed E-state index contributed by atoms with van der Waals surface area (Å²) in [6.45, 7) is 5.84. The molecule has 0 saturated carbocycles. The largest absolute Gasteiger partial charge is 0.480 e. The second kappa shape index (κ2) is 8.15. The molecule has 0 aliphatic heterocycles. The van der Waals surface area contributed by atoms with Gasteiger partial charge in [-0.3, -0.25) is 4.79 Å². The minimum atomic E-state index is -0.269. The lowest BCUT2D eigenvalue weighted by Crippen LogP contribution is -2.21. The Kier molecular flexibility index (Phi) is 5.88. The minimum Gasteiger partial charge on any atom is -0.480 e. The van der Waals surface area contributed by atoms with Crippen LogP contribution in [-0.2, 0) is 4.79 Å². The molecule has 6 heteroatoms. The van der Waals surface area contributed by atoms with E-state index >= 15 is 0 Å². The van der Waals surface area contributed by atoms with E-state index in [-0.39, 0.29) is 12.5 Å². The van der Waals surface area contributed by atoms with E-state index in [4.69, 9.17) is 27.9 Å². The number of aromatic nitrogens is 1. The molecule has 0 spiro atoms. The van der Waals surface area contributed by atoms with Crippen LogP contribution in [0.3, 0.4) is 0 Å². The summed E-state index contributed by atoms with van der Waals surface area (Å²) in [4.78, 5) is 16.9. The van der Waals surface area contributed by atoms with Gasteiger partial charge in [-0.2, -0.15) is 0 Å². The molecule has 4 nitrogen and oxygen atoms in total. The Labute approximate surface area is 168 Å². The fraction of sp³-hybridized carbons (Fsp3) is 0.238. The third-order valence-corrected chi connectivity index (χ3v) is 4.78. The van der Waals surface area contributed by atoms with Crippen molar-refractivity contribution in [1.29, 1.82) is 0 Å². The minimum absolute atomic E-state index is 0.182. The summed E-state index contributed by atoms with van der Waals surface area (Å²) in [7, 11) is 0. The molecule has 0 atom stereocenters. The van der Waals surface area contributed by atoms with E-state index in [1.165, 1.54) is 0 Å². The van der Waals surface area contributed by atoms with E-state index in [2.05, 4.69) is 24.1 Å². The first kappa shape index (κ1) is 19.5. The average Bonchev–Trinajstić information content (AvgIpc) is 2.61. The number of hydrogen-bond donors (Lipinski definition) is 1. The Morgan fingerprint density at radius 3 is 2.63 bits per heavy atom. The zero-order valence-corrected chi connectivity index (χ0v) is 16.9. The van der Waals surface area contributed by atoms with Gasteiger partial charge in [0.2, 0.25) is 0 Å². The fourth-order valence-corrected chi connectivity index (χ4v) is 3.44. The number of aryl methyl sites for hydroxylation is 1. The number of ether oxygens (including phenoxy) is 1. The zero-order valence-electron chi connectivity index (χ0n) is 15.3. The normalized spacial score (nSPS) is 11.0. The van der Waals surface area contributed by atoms with Gasteiger partial charge in [0.05, 0.1) is 10.0 Å². The summed E-state index contributed by atoms with van der Waals surface area (Å²) < 4.78 is 5.73. The predicted molar refractivity (Wildman–Crippen MR) is 111 cm³/mol. The molecule has 0 saturated heterocycles. The molecule has 0 bridgehead atoms. The van der Waals surface area contributed by atoms with Gasteiger partial charge in [0.15, 0.2) is 12.4 Å². The molecular formula is C21H20Cl2N2O2. The maximum absolute atomic E-state index is 12.4. The van der Waals surface area contributed by atoms with Crippen molar-refractivity contribution in [1.82, 2.24) is 4.98 Å². The summed E-state index contributed by atoms with van der Waals surface area (Å²) in [5, 5.41) is 4.44. The Hall–Kier alpha value is -2.30. The number of rotatable bonds is 5. The molecule has 27 heavy (non-hydrogen) atoms. The first-order valence-corrected chi connectivity index (χ1v) is 9.39. The van der Waals surface area contributed by atoms with E-state index in [0.29, 0.717) is 27.2 Å². The Morgan fingerprint density at radius 1 is 1.15 bits per heavy atom. The van der Waals surface area contributed by atoms with E-state index in [1.807, 2.05) is 43.3 Å². The first-order valence-electron chi connectivity index (χ1n) is 8.63. The van der Waals surface area contributed by atoms with Crippen molar-refractivity contribution in [3.05, 3.63) is 63.8 Å². The number of para-hydroxylation sites is 1. The van der Waals surface area contributed by atoms with Crippen LogP contribution in [0.15, 0.2) is 42.5 Å². The smallest absolute Gasteiger partial charge is 0.262 e. The third kappa shape index (κ3) is 4.34. The van der Waals surface area contributed by atoms with E-state index in [1.54, 1.807) is 6.07 Å². The number of carbonyl (C=O) groups excluding carboxylic acids is 1. The molecule has 0 radical (unpaired) electrons. The van der Waals surface area contributed by atoms with Gasteiger partial charge in [0, 0.05) is 16.8 Å². The highest BCUT2D eigenvalue weighted by atomic mass is 35.5. The monoisotopic (exact) mass is 402 g/mol. The van der Waals surface area contributed by atoms with Gasteiger partial charge in [-0.25, -0.2) is 4.98 Å². The lowest BCUT2D eigenvalue weighted by Gasteiger charge is -2.15. The van der Waals surface area contributed by atoms with Crippen molar-refractivity contribution in [3.8, 4) is 5.75 Å². The van der Waals surface area contributed by atoms with Gasteiger partial charge in [0.25, 0.3) is 5.91 Å². The van der Waals surface area contributed by atoms with Crippen LogP contribution in [0.2, 0.25) is 10.0 Å². The molecule has 1 amide bonds. The summed E-state index contributed by atoms with van der Waals surface area (Å²) >= 11 is 12.5. The van der Waals surface area contributed by atoms with Gasteiger partial charge in [-0.05, 0) is 42.7 Å². The Morgan fingerprint density at radius 2 is 1.89 bits per heavy atom. The van der Waals surface area contributed by atoms with Crippen molar-refractivity contribution < 1.29 is 9.53 Å². The molecule has 1 N–H and O–H groups in total. The van der Waals surface area contributed by atoms with Crippen molar-refractivity contribution in [2.24, 2.45) is 0 Å². The number of hydrogen-bond acceptors (Lipinski definition) is 3. The summed E-state index contributed by atoms with van der Waals surface area (Å²) in [5.41, 5.74) is 3.20.